The molecule has 2 aromatic heterocycles. The van der Waals surface area contributed by atoms with E-state index in [0.717, 1.165) is 67.6 Å². The maximum absolute atomic E-state index is 12.0. The van der Waals surface area contributed by atoms with Crippen LogP contribution >= 0.6 is 0 Å². The van der Waals surface area contributed by atoms with E-state index in [1.807, 2.05) is 24.3 Å². The first-order chi connectivity index (χ1) is 18.0. The number of para-hydroxylation sites is 1. The maximum Gasteiger partial charge on any atom is 0.326 e. The number of rotatable bonds is 14. The number of fused-ring (bicyclic) bond motifs is 2. The van der Waals surface area contributed by atoms with Crippen LogP contribution in [-0.2, 0) is 22.4 Å². The van der Waals surface area contributed by atoms with Crippen molar-refractivity contribution in [3.8, 4) is 0 Å². The summed E-state index contributed by atoms with van der Waals surface area (Å²) in [6.07, 6.45) is 6.96. The summed E-state index contributed by atoms with van der Waals surface area (Å²) in [4.78, 5) is 38.8. The number of pyridine rings is 1. The summed E-state index contributed by atoms with van der Waals surface area (Å²) in [7, 11) is 0. The molecule has 0 radical (unpaired) electrons. The number of aromatic nitrogens is 3. The molecule has 10 nitrogen and oxygen atoms in total. The molecule has 1 atom stereocenters. The molecule has 1 aliphatic heterocycles. The average Bonchev–Trinajstić information content (AvgIpc) is 2.91. The predicted octanol–water partition coefficient (Wildman–Crippen LogP) is 2.84. The molecule has 0 saturated heterocycles. The quantitative estimate of drug-likeness (QED) is 0.243. The van der Waals surface area contributed by atoms with E-state index in [0.29, 0.717) is 25.3 Å². The lowest BCUT2D eigenvalue weighted by Gasteiger charge is -2.24. The summed E-state index contributed by atoms with van der Waals surface area (Å²) in [5.74, 6) is 0.185. The second kappa shape index (κ2) is 13.0. The summed E-state index contributed by atoms with van der Waals surface area (Å²) >= 11 is 0. The van der Waals surface area contributed by atoms with Crippen molar-refractivity contribution in [2.45, 2.75) is 51.0 Å². The van der Waals surface area contributed by atoms with Gasteiger partial charge in [0.2, 0.25) is 5.91 Å². The molecule has 0 aliphatic carbocycles. The third kappa shape index (κ3) is 7.60. The van der Waals surface area contributed by atoms with E-state index in [9.17, 15) is 14.7 Å². The summed E-state index contributed by atoms with van der Waals surface area (Å²) in [6.45, 7) is 2.73. The predicted molar refractivity (Wildman–Crippen MR) is 143 cm³/mol. The molecule has 0 unspecified atom stereocenters. The Morgan fingerprint density at radius 1 is 1.11 bits per heavy atom. The fourth-order valence-corrected chi connectivity index (χ4v) is 4.61. The van der Waals surface area contributed by atoms with Gasteiger partial charge in [0.05, 0.1) is 5.52 Å². The molecule has 1 aromatic carbocycles. The first-order valence-corrected chi connectivity index (χ1v) is 12.9. The van der Waals surface area contributed by atoms with Gasteiger partial charge in [0.25, 0.3) is 0 Å². The van der Waals surface area contributed by atoms with E-state index in [2.05, 4.69) is 37.6 Å². The molecule has 3 aromatic rings. The van der Waals surface area contributed by atoms with Crippen molar-refractivity contribution >= 4 is 34.4 Å². The Kier molecular flexibility index (Phi) is 9.20. The number of carbonyl (C=O) groups is 2. The van der Waals surface area contributed by atoms with E-state index >= 15 is 0 Å². The smallest absolute Gasteiger partial charge is 0.326 e. The Hall–Kier alpha value is -3.79. The van der Waals surface area contributed by atoms with Crippen LogP contribution in [0.5, 0.6) is 0 Å². The van der Waals surface area contributed by atoms with Gasteiger partial charge in [0.15, 0.2) is 0 Å². The van der Waals surface area contributed by atoms with Gasteiger partial charge in [-0.15, -0.1) is 0 Å². The zero-order valence-corrected chi connectivity index (χ0v) is 21.0. The van der Waals surface area contributed by atoms with Crippen molar-refractivity contribution in [2.24, 2.45) is 5.73 Å². The number of nitrogens with one attached hydrogen (secondary N) is 2. The highest BCUT2D eigenvalue weighted by Gasteiger charge is 2.20. The zero-order chi connectivity index (χ0) is 26.0. The Morgan fingerprint density at radius 3 is 2.81 bits per heavy atom. The number of carbonyl (C=O) groups excluding carboxylic acids is 1. The van der Waals surface area contributed by atoms with Crippen LogP contribution in [0.25, 0.3) is 10.9 Å². The summed E-state index contributed by atoms with van der Waals surface area (Å²) in [5.41, 5.74) is 8.49. The van der Waals surface area contributed by atoms with Crippen molar-refractivity contribution in [2.75, 3.05) is 36.8 Å². The Bertz CT molecular complexity index is 1210. The van der Waals surface area contributed by atoms with Crippen LogP contribution in [0.15, 0.2) is 42.7 Å². The molecule has 196 valence electrons. The highest BCUT2D eigenvalue weighted by Crippen LogP contribution is 2.21. The van der Waals surface area contributed by atoms with Crippen molar-refractivity contribution in [3.05, 3.63) is 54.0 Å². The number of carboxylic acids is 1. The number of nitrogens with zero attached hydrogens (tertiary/aromatic N) is 4. The molecule has 1 amide bonds. The summed E-state index contributed by atoms with van der Waals surface area (Å²) < 4.78 is 0. The van der Waals surface area contributed by atoms with E-state index in [4.69, 9.17) is 10.7 Å². The largest absolute Gasteiger partial charge is 0.480 e. The van der Waals surface area contributed by atoms with Crippen LogP contribution in [0.2, 0.25) is 0 Å². The van der Waals surface area contributed by atoms with Gasteiger partial charge in [0.1, 0.15) is 24.0 Å². The Balaban J connectivity index is 1.31. The molecule has 0 fully saturated rings. The second-order valence-corrected chi connectivity index (χ2v) is 9.42. The minimum absolute atomic E-state index is 0.236. The van der Waals surface area contributed by atoms with E-state index in [1.54, 1.807) is 0 Å². The number of benzene rings is 1. The highest BCUT2D eigenvalue weighted by molar-refractivity contribution is 5.90. The minimum Gasteiger partial charge on any atom is -0.480 e. The summed E-state index contributed by atoms with van der Waals surface area (Å²) in [5, 5.41) is 17.1. The third-order valence-corrected chi connectivity index (χ3v) is 6.67. The molecular weight excluding hydrogens is 470 g/mol. The van der Waals surface area contributed by atoms with Gasteiger partial charge >= 0.3 is 5.97 Å². The van der Waals surface area contributed by atoms with Crippen molar-refractivity contribution in [3.63, 3.8) is 0 Å². The van der Waals surface area contributed by atoms with E-state index < -0.39 is 12.0 Å². The Morgan fingerprint density at radius 2 is 1.97 bits per heavy atom. The first kappa shape index (κ1) is 26.3. The number of aliphatic carboxylic acids is 1. The van der Waals surface area contributed by atoms with Crippen LogP contribution in [-0.4, -0.2) is 69.1 Å². The fraction of sp³-hybridized carbons (Fsp3) is 0.444. The van der Waals surface area contributed by atoms with Gasteiger partial charge in [0, 0.05) is 37.1 Å². The third-order valence-electron chi connectivity index (χ3n) is 6.67. The lowest BCUT2D eigenvalue weighted by atomic mass is 10.1. The van der Waals surface area contributed by atoms with Crippen LogP contribution in [0.4, 0.5) is 11.6 Å². The summed E-state index contributed by atoms with van der Waals surface area (Å²) in [6, 6.07) is 10.9. The molecule has 0 saturated carbocycles. The van der Waals surface area contributed by atoms with Gasteiger partial charge in [-0.3, -0.25) is 4.79 Å². The van der Waals surface area contributed by atoms with Crippen molar-refractivity contribution in [1.29, 1.82) is 0 Å². The van der Waals surface area contributed by atoms with Crippen LogP contribution < -0.4 is 16.4 Å². The van der Waals surface area contributed by atoms with Crippen LogP contribution in [0.1, 0.15) is 43.4 Å². The number of unbranched alkanes of at least 4 members (excludes halogenated alkanes) is 1. The molecule has 4 rings (SSSR count). The molecule has 5 N–H and O–H groups in total. The first-order valence-electron chi connectivity index (χ1n) is 12.9. The Labute approximate surface area is 216 Å². The number of primary amides is 1. The standard InChI is InChI=1S/C27H35N7O3/c28-24(35)13-17-34(15-4-3-7-20-11-10-19-6-5-14-29-25(19)32-20)16-12-23(27(36)37)33-26-21-8-1-2-9-22(21)30-18-31-26/h1-2,8-11,18,23H,3-7,12-17H2,(H2,28,35)(H,29,32)(H,36,37)(H,30,31,33)/t23-/m0/s1. The molecular formula is C27H35N7O3. The zero-order valence-electron chi connectivity index (χ0n) is 21.0. The van der Waals surface area contributed by atoms with Gasteiger partial charge < -0.3 is 26.4 Å². The van der Waals surface area contributed by atoms with Gasteiger partial charge in [-0.2, -0.15) is 0 Å². The fourth-order valence-electron chi connectivity index (χ4n) is 4.61. The lowest BCUT2D eigenvalue weighted by Crippen LogP contribution is -2.37. The molecule has 1 aliphatic rings. The maximum atomic E-state index is 12.0. The topological polar surface area (TPSA) is 146 Å². The van der Waals surface area contributed by atoms with E-state index in [1.165, 1.54) is 11.9 Å². The average molecular weight is 506 g/mol. The monoisotopic (exact) mass is 505 g/mol. The number of anilines is 2. The molecule has 10 heteroatoms. The van der Waals surface area contributed by atoms with Gasteiger partial charge in [-0.1, -0.05) is 18.2 Å². The molecule has 0 spiro atoms. The van der Waals surface area contributed by atoms with Crippen LogP contribution in [0, 0.1) is 0 Å². The van der Waals surface area contributed by atoms with Crippen LogP contribution in [0.3, 0.4) is 0 Å². The highest BCUT2D eigenvalue weighted by atomic mass is 16.4. The normalized spacial score (nSPS) is 13.6. The van der Waals surface area contributed by atoms with Gasteiger partial charge in [-0.25, -0.2) is 19.7 Å². The number of aryl methyl sites for hydroxylation is 2. The number of amides is 1. The molecule has 37 heavy (non-hydrogen) atoms. The number of hydrogen-bond donors (Lipinski definition) is 4. The number of hydrogen-bond acceptors (Lipinski definition) is 8. The van der Waals surface area contributed by atoms with Crippen molar-refractivity contribution in [1.82, 2.24) is 19.9 Å². The SMILES string of the molecule is NC(=O)CCN(CCCCc1ccc2c(n1)NCCC2)CC[C@H](Nc1ncnc2ccccc12)C(=O)O. The lowest BCUT2D eigenvalue weighted by molar-refractivity contribution is -0.138. The number of carboxylic acid groups (broad SMARTS) is 1. The van der Waals surface area contributed by atoms with E-state index in [-0.39, 0.29) is 12.3 Å². The van der Waals surface area contributed by atoms with Crippen molar-refractivity contribution < 1.29 is 14.7 Å². The minimum atomic E-state index is -0.954. The van der Waals surface area contributed by atoms with Gasteiger partial charge in [-0.05, 0) is 68.8 Å². The second-order valence-electron chi connectivity index (χ2n) is 9.42. The molecule has 3 heterocycles. The molecule has 0 bridgehead atoms. The number of nitrogens with two attached hydrogens (primary N) is 1.